The van der Waals surface area contributed by atoms with Gasteiger partial charge in [0.15, 0.2) is 0 Å². The molecule has 4 rings (SSSR count). The van der Waals surface area contributed by atoms with E-state index in [-0.39, 0.29) is 38.2 Å². The fraction of sp³-hybridized carbons (Fsp3) is 0.0455. The lowest BCUT2D eigenvalue weighted by molar-refractivity contribution is 0.0600. The molecular weight excluding hydrogens is 423 g/mol. The van der Waals surface area contributed by atoms with Gasteiger partial charge in [-0.2, -0.15) is 4.98 Å². The van der Waals surface area contributed by atoms with Crippen molar-refractivity contribution in [3.05, 3.63) is 84.2 Å². The summed E-state index contributed by atoms with van der Waals surface area (Å²) < 4.78 is 50.4. The molecule has 156 valence electrons. The number of carbonyl (C=O) groups excluding carboxylic acids is 1. The van der Waals surface area contributed by atoms with E-state index < -0.39 is 21.6 Å². The van der Waals surface area contributed by atoms with Gasteiger partial charge in [0.2, 0.25) is 15.7 Å². The highest BCUT2D eigenvalue weighted by atomic mass is 32.2. The molecule has 0 spiro atoms. The van der Waals surface area contributed by atoms with Crippen LogP contribution in [0, 0.1) is 5.82 Å². The van der Waals surface area contributed by atoms with Gasteiger partial charge in [-0.3, -0.25) is 0 Å². The van der Waals surface area contributed by atoms with Crippen LogP contribution in [-0.2, 0) is 14.6 Å². The standard InChI is InChI=1S/C22H15FN2O5S/c1-29-22(26)14-10-12-15(13-11-14)31(27,28)19-9-5-3-7-17(19)21-24-20(25-30-21)16-6-2-4-8-18(16)23/h2-13H,1H3. The van der Waals surface area contributed by atoms with Gasteiger partial charge in [-0.1, -0.05) is 29.4 Å². The number of hydrogen-bond donors (Lipinski definition) is 0. The summed E-state index contributed by atoms with van der Waals surface area (Å²) in [6.45, 7) is 0. The molecular formula is C22H15FN2O5S. The van der Waals surface area contributed by atoms with Crippen molar-refractivity contribution in [1.82, 2.24) is 10.1 Å². The van der Waals surface area contributed by atoms with E-state index in [1.165, 1.54) is 61.7 Å². The summed E-state index contributed by atoms with van der Waals surface area (Å²) in [6.07, 6.45) is 0. The molecule has 7 nitrogen and oxygen atoms in total. The Balaban J connectivity index is 1.76. The topological polar surface area (TPSA) is 99.4 Å². The first-order chi connectivity index (χ1) is 14.9. The zero-order valence-electron chi connectivity index (χ0n) is 16.2. The molecule has 0 saturated heterocycles. The van der Waals surface area contributed by atoms with Gasteiger partial charge in [0.1, 0.15) is 5.82 Å². The van der Waals surface area contributed by atoms with Gasteiger partial charge in [0.05, 0.1) is 33.6 Å². The van der Waals surface area contributed by atoms with Crippen LogP contribution in [-0.4, -0.2) is 31.6 Å². The lowest BCUT2D eigenvalue weighted by atomic mass is 10.2. The van der Waals surface area contributed by atoms with Crippen LogP contribution in [0.3, 0.4) is 0 Å². The second-order valence-corrected chi connectivity index (χ2v) is 8.34. The Hall–Kier alpha value is -3.85. The number of benzene rings is 3. The van der Waals surface area contributed by atoms with Gasteiger partial charge in [-0.15, -0.1) is 0 Å². The van der Waals surface area contributed by atoms with Crippen LogP contribution in [0.5, 0.6) is 0 Å². The van der Waals surface area contributed by atoms with E-state index in [1.807, 2.05) is 0 Å². The maximum Gasteiger partial charge on any atom is 0.337 e. The van der Waals surface area contributed by atoms with Crippen LogP contribution in [0.15, 0.2) is 87.1 Å². The molecule has 0 aliphatic rings. The van der Waals surface area contributed by atoms with Crippen molar-refractivity contribution < 1.29 is 26.9 Å². The molecule has 0 atom stereocenters. The molecule has 3 aromatic carbocycles. The predicted octanol–water partition coefficient (Wildman–Crippen LogP) is 4.16. The van der Waals surface area contributed by atoms with Crippen LogP contribution >= 0.6 is 0 Å². The summed E-state index contributed by atoms with van der Waals surface area (Å²) in [5.74, 6) is -1.16. The highest BCUT2D eigenvalue weighted by molar-refractivity contribution is 7.91. The minimum atomic E-state index is -3.98. The number of methoxy groups -OCH3 is 1. The summed E-state index contributed by atoms with van der Waals surface area (Å²) >= 11 is 0. The number of aromatic nitrogens is 2. The average Bonchev–Trinajstić information content (AvgIpc) is 3.29. The molecule has 0 amide bonds. The van der Waals surface area contributed by atoms with Gasteiger partial charge in [-0.25, -0.2) is 17.6 Å². The number of halogens is 1. The van der Waals surface area contributed by atoms with Crippen LogP contribution in [0.4, 0.5) is 4.39 Å². The van der Waals surface area contributed by atoms with Gasteiger partial charge in [0, 0.05) is 0 Å². The van der Waals surface area contributed by atoms with Crippen molar-refractivity contribution in [2.24, 2.45) is 0 Å². The van der Waals surface area contributed by atoms with Gasteiger partial charge in [0.25, 0.3) is 5.89 Å². The van der Waals surface area contributed by atoms with E-state index in [4.69, 9.17) is 4.52 Å². The molecule has 0 saturated carbocycles. The van der Waals surface area contributed by atoms with E-state index in [1.54, 1.807) is 18.2 Å². The van der Waals surface area contributed by atoms with Gasteiger partial charge >= 0.3 is 5.97 Å². The zero-order chi connectivity index (χ0) is 22.0. The molecule has 0 radical (unpaired) electrons. The maximum atomic E-state index is 14.0. The van der Waals surface area contributed by atoms with E-state index in [9.17, 15) is 17.6 Å². The average molecular weight is 438 g/mol. The Bertz CT molecular complexity index is 1360. The fourth-order valence-corrected chi connectivity index (χ4v) is 4.43. The molecule has 1 aromatic heterocycles. The summed E-state index contributed by atoms with van der Waals surface area (Å²) in [7, 11) is -2.75. The molecule has 4 aromatic rings. The third kappa shape index (κ3) is 3.82. The molecule has 1 heterocycles. The summed E-state index contributed by atoms with van der Waals surface area (Å²) in [6, 6.07) is 17.4. The lowest BCUT2D eigenvalue weighted by Crippen LogP contribution is -2.06. The van der Waals surface area contributed by atoms with Crippen molar-refractivity contribution in [2.75, 3.05) is 7.11 Å². The van der Waals surface area contributed by atoms with Crippen molar-refractivity contribution in [3.63, 3.8) is 0 Å². The third-order valence-electron chi connectivity index (χ3n) is 4.53. The van der Waals surface area contributed by atoms with Crippen LogP contribution in [0.25, 0.3) is 22.8 Å². The molecule has 9 heteroatoms. The monoisotopic (exact) mass is 438 g/mol. The molecule has 31 heavy (non-hydrogen) atoms. The Morgan fingerprint density at radius 3 is 2.26 bits per heavy atom. The van der Waals surface area contributed by atoms with E-state index in [2.05, 4.69) is 14.9 Å². The van der Waals surface area contributed by atoms with Crippen molar-refractivity contribution in [1.29, 1.82) is 0 Å². The Kier molecular flexibility index (Phi) is 5.35. The highest BCUT2D eigenvalue weighted by Crippen LogP contribution is 2.32. The van der Waals surface area contributed by atoms with Crippen LogP contribution < -0.4 is 0 Å². The number of ether oxygens (including phenoxy) is 1. The smallest absolute Gasteiger partial charge is 0.337 e. The first-order valence-corrected chi connectivity index (χ1v) is 10.5. The van der Waals surface area contributed by atoms with Crippen LogP contribution in [0.1, 0.15) is 10.4 Å². The van der Waals surface area contributed by atoms with Crippen molar-refractivity contribution in [3.8, 4) is 22.8 Å². The van der Waals surface area contributed by atoms with E-state index >= 15 is 0 Å². The minimum Gasteiger partial charge on any atom is -0.465 e. The van der Waals surface area contributed by atoms with E-state index in [0.29, 0.717) is 0 Å². The quantitative estimate of drug-likeness (QED) is 0.431. The van der Waals surface area contributed by atoms with Crippen molar-refractivity contribution in [2.45, 2.75) is 9.79 Å². The largest absolute Gasteiger partial charge is 0.465 e. The second-order valence-electron chi connectivity index (χ2n) is 6.42. The molecule has 0 unspecified atom stereocenters. The lowest BCUT2D eigenvalue weighted by Gasteiger charge is -2.08. The van der Waals surface area contributed by atoms with E-state index in [0.717, 1.165) is 0 Å². The molecule has 0 N–H and O–H groups in total. The Labute approximate surface area is 177 Å². The van der Waals surface area contributed by atoms with Crippen molar-refractivity contribution >= 4 is 15.8 Å². The number of esters is 1. The number of rotatable bonds is 5. The maximum absolute atomic E-state index is 14.0. The van der Waals surface area contributed by atoms with Crippen LogP contribution in [0.2, 0.25) is 0 Å². The second kappa shape index (κ2) is 8.11. The molecule has 0 aliphatic carbocycles. The first-order valence-electron chi connectivity index (χ1n) is 9.03. The number of carbonyl (C=O) groups is 1. The Morgan fingerprint density at radius 1 is 0.935 bits per heavy atom. The minimum absolute atomic E-state index is 0.00253. The van der Waals surface area contributed by atoms with Gasteiger partial charge < -0.3 is 9.26 Å². The molecule has 0 bridgehead atoms. The zero-order valence-corrected chi connectivity index (χ0v) is 17.0. The highest BCUT2D eigenvalue weighted by Gasteiger charge is 2.25. The number of sulfone groups is 1. The third-order valence-corrected chi connectivity index (χ3v) is 6.36. The summed E-state index contributed by atoms with van der Waals surface area (Å²) in [4.78, 5) is 15.7. The number of nitrogens with zero attached hydrogens (tertiary/aromatic N) is 2. The fourth-order valence-electron chi connectivity index (χ4n) is 2.98. The predicted molar refractivity (Wildman–Crippen MR) is 108 cm³/mol. The Morgan fingerprint density at radius 2 is 1.58 bits per heavy atom. The molecule has 0 aliphatic heterocycles. The first kappa shape index (κ1) is 20.4. The number of hydrogen-bond acceptors (Lipinski definition) is 7. The SMILES string of the molecule is COC(=O)c1ccc(S(=O)(=O)c2ccccc2-c2nc(-c3ccccc3F)no2)cc1. The summed E-state index contributed by atoms with van der Waals surface area (Å²) in [5, 5.41) is 3.79. The molecule has 0 fully saturated rings. The summed E-state index contributed by atoms with van der Waals surface area (Å²) in [5.41, 5.74) is 0.534. The van der Waals surface area contributed by atoms with Gasteiger partial charge in [-0.05, 0) is 48.5 Å². The normalized spacial score (nSPS) is 11.3.